The summed E-state index contributed by atoms with van der Waals surface area (Å²) in [5.41, 5.74) is 0.962. The molecule has 0 amide bonds. The molecule has 1 unspecified atom stereocenters. The van der Waals surface area contributed by atoms with Crippen molar-refractivity contribution in [3.05, 3.63) is 34.9 Å². The summed E-state index contributed by atoms with van der Waals surface area (Å²) in [4.78, 5) is 4.82. The van der Waals surface area contributed by atoms with Crippen molar-refractivity contribution in [3.63, 3.8) is 0 Å². The van der Waals surface area contributed by atoms with Crippen LogP contribution in [0.3, 0.4) is 0 Å². The van der Waals surface area contributed by atoms with Gasteiger partial charge in [0.1, 0.15) is 0 Å². The van der Waals surface area contributed by atoms with Gasteiger partial charge < -0.3 is 14.7 Å². The fourth-order valence-corrected chi connectivity index (χ4v) is 3.13. The Labute approximate surface area is 145 Å². The Morgan fingerprint density at radius 3 is 2.30 bits per heavy atom. The van der Waals surface area contributed by atoms with Crippen LogP contribution in [0.2, 0.25) is 5.02 Å². The highest BCUT2D eigenvalue weighted by Gasteiger charge is 2.19. The lowest BCUT2D eigenvalue weighted by Crippen LogP contribution is -2.49. The largest absolute Gasteiger partial charge is 0.389 e. The SMILES string of the molecule is CC(C)CN1CCN(CC(O)COCc2ccccc2Cl)CC1. The number of ether oxygens (including phenoxy) is 1. The molecule has 1 aliphatic heterocycles. The van der Waals surface area contributed by atoms with E-state index in [-0.39, 0.29) is 0 Å². The van der Waals surface area contributed by atoms with Gasteiger partial charge in [0.2, 0.25) is 0 Å². The number of aliphatic hydroxyl groups is 1. The van der Waals surface area contributed by atoms with Crippen molar-refractivity contribution in [1.82, 2.24) is 9.80 Å². The Morgan fingerprint density at radius 2 is 1.70 bits per heavy atom. The smallest absolute Gasteiger partial charge is 0.0900 e. The van der Waals surface area contributed by atoms with Gasteiger partial charge in [0, 0.05) is 44.3 Å². The van der Waals surface area contributed by atoms with Crippen molar-refractivity contribution in [2.75, 3.05) is 45.9 Å². The van der Waals surface area contributed by atoms with Crippen LogP contribution in [-0.4, -0.2) is 66.9 Å². The standard InChI is InChI=1S/C18H29ClN2O2/c1-15(2)11-20-7-9-21(10-8-20)12-17(22)14-23-13-16-5-3-4-6-18(16)19/h3-6,15,17,22H,7-14H2,1-2H3. The first-order valence-electron chi connectivity index (χ1n) is 8.48. The van der Waals surface area contributed by atoms with E-state index in [2.05, 4.69) is 23.6 Å². The van der Waals surface area contributed by atoms with Crippen molar-refractivity contribution in [1.29, 1.82) is 0 Å². The number of aliphatic hydroxyl groups excluding tert-OH is 1. The Hall–Kier alpha value is -0.650. The Morgan fingerprint density at radius 1 is 1.09 bits per heavy atom. The van der Waals surface area contributed by atoms with E-state index in [0.717, 1.165) is 38.3 Å². The summed E-state index contributed by atoms with van der Waals surface area (Å²) >= 11 is 6.09. The first-order valence-corrected chi connectivity index (χ1v) is 8.86. The lowest BCUT2D eigenvalue weighted by atomic mass is 10.2. The van der Waals surface area contributed by atoms with Crippen LogP contribution in [0.15, 0.2) is 24.3 Å². The summed E-state index contributed by atoms with van der Waals surface area (Å²) in [6.45, 7) is 11.4. The minimum Gasteiger partial charge on any atom is -0.389 e. The van der Waals surface area contributed by atoms with Gasteiger partial charge in [-0.3, -0.25) is 4.90 Å². The van der Waals surface area contributed by atoms with E-state index in [9.17, 15) is 5.11 Å². The molecule has 130 valence electrons. The second-order valence-electron chi connectivity index (χ2n) is 6.76. The van der Waals surface area contributed by atoms with E-state index in [0.29, 0.717) is 30.7 Å². The quantitative estimate of drug-likeness (QED) is 0.788. The van der Waals surface area contributed by atoms with Gasteiger partial charge in [0.15, 0.2) is 0 Å². The number of piperazine rings is 1. The van der Waals surface area contributed by atoms with Gasteiger partial charge >= 0.3 is 0 Å². The lowest BCUT2D eigenvalue weighted by Gasteiger charge is -2.36. The fraction of sp³-hybridized carbons (Fsp3) is 0.667. The van der Waals surface area contributed by atoms with Gasteiger partial charge in [-0.15, -0.1) is 0 Å². The molecule has 1 N–H and O–H groups in total. The Balaban J connectivity index is 1.62. The third-order valence-electron chi connectivity index (χ3n) is 4.08. The predicted octanol–water partition coefficient (Wildman–Crippen LogP) is 2.49. The van der Waals surface area contributed by atoms with Gasteiger partial charge in [-0.05, 0) is 17.5 Å². The van der Waals surface area contributed by atoms with Crippen molar-refractivity contribution in [2.24, 2.45) is 5.92 Å². The molecule has 1 saturated heterocycles. The molecule has 1 fully saturated rings. The summed E-state index contributed by atoms with van der Waals surface area (Å²) < 4.78 is 5.61. The zero-order valence-electron chi connectivity index (χ0n) is 14.2. The monoisotopic (exact) mass is 340 g/mol. The zero-order chi connectivity index (χ0) is 16.7. The van der Waals surface area contributed by atoms with Crippen LogP contribution in [-0.2, 0) is 11.3 Å². The Kier molecular flexibility index (Phi) is 7.80. The third-order valence-corrected chi connectivity index (χ3v) is 4.45. The number of hydrogen-bond acceptors (Lipinski definition) is 4. The molecule has 5 heteroatoms. The van der Waals surface area contributed by atoms with E-state index in [1.165, 1.54) is 0 Å². The molecular formula is C18H29ClN2O2. The van der Waals surface area contributed by atoms with Crippen LogP contribution < -0.4 is 0 Å². The fourth-order valence-electron chi connectivity index (χ4n) is 2.94. The summed E-state index contributed by atoms with van der Waals surface area (Å²) in [5.74, 6) is 0.713. The first kappa shape index (κ1) is 18.7. The third kappa shape index (κ3) is 6.77. The lowest BCUT2D eigenvalue weighted by molar-refractivity contribution is 0.000768. The number of rotatable bonds is 8. The van der Waals surface area contributed by atoms with Crippen molar-refractivity contribution in [3.8, 4) is 0 Å². The van der Waals surface area contributed by atoms with Gasteiger partial charge in [0.25, 0.3) is 0 Å². The van der Waals surface area contributed by atoms with Gasteiger partial charge in [0.05, 0.1) is 19.3 Å². The summed E-state index contributed by atoms with van der Waals surface area (Å²) in [6, 6.07) is 7.65. The zero-order valence-corrected chi connectivity index (χ0v) is 15.0. The van der Waals surface area contributed by atoms with Gasteiger partial charge in [-0.1, -0.05) is 43.6 Å². The topological polar surface area (TPSA) is 35.9 Å². The molecule has 1 aromatic carbocycles. The molecule has 0 aromatic heterocycles. The second-order valence-corrected chi connectivity index (χ2v) is 7.16. The van der Waals surface area contributed by atoms with Gasteiger partial charge in [-0.25, -0.2) is 0 Å². The average Bonchev–Trinajstić information content (AvgIpc) is 2.51. The normalized spacial score (nSPS) is 18.5. The summed E-state index contributed by atoms with van der Waals surface area (Å²) in [7, 11) is 0. The average molecular weight is 341 g/mol. The molecule has 0 aliphatic carbocycles. The van der Waals surface area contributed by atoms with E-state index in [1.807, 2.05) is 24.3 Å². The highest BCUT2D eigenvalue weighted by molar-refractivity contribution is 6.31. The molecule has 1 heterocycles. The van der Waals surface area contributed by atoms with Crippen LogP contribution in [0, 0.1) is 5.92 Å². The maximum absolute atomic E-state index is 10.1. The first-order chi connectivity index (χ1) is 11.0. The van der Waals surface area contributed by atoms with Crippen molar-refractivity contribution < 1.29 is 9.84 Å². The molecule has 0 saturated carbocycles. The predicted molar refractivity (Wildman–Crippen MR) is 94.8 cm³/mol. The van der Waals surface area contributed by atoms with Crippen molar-refractivity contribution in [2.45, 2.75) is 26.6 Å². The minimum absolute atomic E-state index is 0.345. The van der Waals surface area contributed by atoms with E-state index >= 15 is 0 Å². The maximum atomic E-state index is 10.1. The minimum atomic E-state index is -0.450. The summed E-state index contributed by atoms with van der Waals surface area (Å²) in [5, 5.41) is 10.9. The molecular weight excluding hydrogens is 312 g/mol. The van der Waals surface area contributed by atoms with Gasteiger partial charge in [-0.2, -0.15) is 0 Å². The highest BCUT2D eigenvalue weighted by atomic mass is 35.5. The number of β-amino-alcohol motifs (C(OH)–C–C–N with tert-alkyl or cyclic N) is 1. The molecule has 23 heavy (non-hydrogen) atoms. The molecule has 1 aromatic rings. The molecule has 0 radical (unpaired) electrons. The highest BCUT2D eigenvalue weighted by Crippen LogP contribution is 2.15. The van der Waals surface area contributed by atoms with Crippen LogP contribution in [0.25, 0.3) is 0 Å². The van der Waals surface area contributed by atoms with Crippen LogP contribution in [0.4, 0.5) is 0 Å². The summed E-state index contributed by atoms with van der Waals surface area (Å²) in [6.07, 6.45) is -0.450. The number of nitrogens with zero attached hydrogens (tertiary/aromatic N) is 2. The molecule has 0 bridgehead atoms. The van der Waals surface area contributed by atoms with Crippen LogP contribution in [0.1, 0.15) is 19.4 Å². The molecule has 1 aliphatic rings. The van der Waals surface area contributed by atoms with Crippen LogP contribution in [0.5, 0.6) is 0 Å². The van der Waals surface area contributed by atoms with Crippen LogP contribution >= 0.6 is 11.6 Å². The van der Waals surface area contributed by atoms with E-state index in [1.54, 1.807) is 0 Å². The molecule has 1 atom stereocenters. The Bertz CT molecular complexity index is 462. The molecule has 4 nitrogen and oxygen atoms in total. The van der Waals surface area contributed by atoms with Crippen molar-refractivity contribution >= 4 is 11.6 Å². The molecule has 0 spiro atoms. The number of benzene rings is 1. The second kappa shape index (κ2) is 9.60. The maximum Gasteiger partial charge on any atom is 0.0900 e. The van der Waals surface area contributed by atoms with E-state index in [4.69, 9.17) is 16.3 Å². The van der Waals surface area contributed by atoms with E-state index < -0.39 is 6.10 Å². The number of halogens is 1. The number of hydrogen-bond donors (Lipinski definition) is 1. The molecule has 2 rings (SSSR count).